The molecule has 1 aromatic carbocycles. The summed E-state index contributed by atoms with van der Waals surface area (Å²) in [6.07, 6.45) is 0. The van der Waals surface area contributed by atoms with Crippen molar-refractivity contribution in [3.05, 3.63) is 45.7 Å². The van der Waals surface area contributed by atoms with Gasteiger partial charge in [-0.3, -0.25) is 0 Å². The summed E-state index contributed by atoms with van der Waals surface area (Å²) in [5, 5.41) is 0.811. The Morgan fingerprint density at radius 1 is 1.11 bits per heavy atom. The molecule has 0 aliphatic carbocycles. The Kier molecular flexibility index (Phi) is 4.24. The van der Waals surface area contributed by atoms with E-state index in [0.717, 1.165) is 38.0 Å². The number of rotatable bonds is 3. The van der Waals surface area contributed by atoms with E-state index in [4.69, 9.17) is 5.73 Å². The number of nitrogens with two attached hydrogens (primary N) is 1. The van der Waals surface area contributed by atoms with Crippen LogP contribution in [0, 0.1) is 13.8 Å². The lowest BCUT2D eigenvalue weighted by Crippen LogP contribution is -1.94. The van der Waals surface area contributed by atoms with Gasteiger partial charge in [0.25, 0.3) is 0 Å². The largest absolute Gasteiger partial charge is 0.399 e. The van der Waals surface area contributed by atoms with Crippen molar-refractivity contribution in [1.82, 2.24) is 9.97 Å². The lowest BCUT2D eigenvalue weighted by atomic mass is 10.2. The van der Waals surface area contributed by atoms with Crippen molar-refractivity contribution >= 4 is 33.4 Å². The van der Waals surface area contributed by atoms with Crippen LogP contribution in [0.5, 0.6) is 0 Å². The Balaban J connectivity index is 2.11. The quantitative estimate of drug-likeness (QED) is 0.531. The third-order valence-electron chi connectivity index (χ3n) is 2.31. The van der Waals surface area contributed by atoms with Gasteiger partial charge in [0.05, 0.1) is 0 Å². The van der Waals surface area contributed by atoms with Crippen LogP contribution in [0.15, 0.2) is 33.9 Å². The molecule has 1 aromatic heterocycles. The van der Waals surface area contributed by atoms with Gasteiger partial charge in [-0.25, -0.2) is 9.97 Å². The van der Waals surface area contributed by atoms with E-state index in [2.05, 4.69) is 32.0 Å². The monoisotopic (exact) mass is 323 g/mol. The molecule has 0 bridgehead atoms. The molecule has 1 heterocycles. The molecule has 0 atom stereocenters. The zero-order valence-corrected chi connectivity index (χ0v) is 12.7. The minimum Gasteiger partial charge on any atom is -0.399 e. The molecule has 0 radical (unpaired) electrons. The molecule has 2 N–H and O–H groups in total. The average molecular weight is 324 g/mol. The summed E-state index contributed by atoms with van der Waals surface area (Å²) in [7, 11) is 0. The fourth-order valence-corrected chi connectivity index (χ4v) is 3.10. The van der Waals surface area contributed by atoms with Gasteiger partial charge >= 0.3 is 0 Å². The Labute approximate surface area is 119 Å². The van der Waals surface area contributed by atoms with Gasteiger partial charge in [-0.15, -0.1) is 0 Å². The van der Waals surface area contributed by atoms with Gasteiger partial charge in [0.15, 0.2) is 5.16 Å². The van der Waals surface area contributed by atoms with Gasteiger partial charge in [-0.05, 0) is 43.7 Å². The first-order valence-electron chi connectivity index (χ1n) is 5.53. The van der Waals surface area contributed by atoms with Crippen molar-refractivity contribution in [3.63, 3.8) is 0 Å². The molecular formula is C13H14BrN3S. The molecule has 0 unspecified atom stereocenters. The number of aryl methyl sites for hydroxylation is 2. The minimum atomic E-state index is 0.765. The van der Waals surface area contributed by atoms with Crippen LogP contribution in [0.4, 0.5) is 5.69 Å². The van der Waals surface area contributed by atoms with Crippen LogP contribution in [0.3, 0.4) is 0 Å². The Hall–Kier alpha value is -1.07. The Morgan fingerprint density at radius 3 is 2.39 bits per heavy atom. The van der Waals surface area contributed by atoms with Gasteiger partial charge in [-0.2, -0.15) is 0 Å². The number of hydrogen-bond donors (Lipinski definition) is 1. The standard InChI is InChI=1S/C13H14BrN3S/c1-8-3-9(2)17-13(16-8)18-7-10-4-11(14)6-12(15)5-10/h3-6H,7,15H2,1-2H3. The maximum absolute atomic E-state index is 5.81. The van der Waals surface area contributed by atoms with E-state index in [1.54, 1.807) is 11.8 Å². The van der Waals surface area contributed by atoms with Crippen LogP contribution in [0.1, 0.15) is 17.0 Å². The van der Waals surface area contributed by atoms with Crippen LogP contribution in [-0.2, 0) is 5.75 Å². The number of benzene rings is 1. The van der Waals surface area contributed by atoms with Crippen LogP contribution >= 0.6 is 27.7 Å². The number of thioether (sulfide) groups is 1. The molecule has 0 saturated carbocycles. The molecule has 0 fully saturated rings. The number of hydrogen-bond acceptors (Lipinski definition) is 4. The Morgan fingerprint density at radius 2 is 1.78 bits per heavy atom. The summed E-state index contributed by atoms with van der Waals surface area (Å²) >= 11 is 5.06. The number of nitrogens with zero attached hydrogens (tertiary/aromatic N) is 2. The maximum atomic E-state index is 5.81. The lowest BCUT2D eigenvalue weighted by Gasteiger charge is -2.05. The van der Waals surface area contributed by atoms with Crippen molar-refractivity contribution < 1.29 is 0 Å². The van der Waals surface area contributed by atoms with E-state index in [0.29, 0.717) is 0 Å². The number of nitrogen functional groups attached to an aromatic ring is 1. The second-order valence-electron chi connectivity index (χ2n) is 4.11. The van der Waals surface area contributed by atoms with Crippen molar-refractivity contribution in [3.8, 4) is 0 Å². The third kappa shape index (κ3) is 3.71. The average Bonchev–Trinajstić information content (AvgIpc) is 2.23. The summed E-state index contributed by atoms with van der Waals surface area (Å²) in [6.45, 7) is 3.96. The van der Waals surface area contributed by atoms with Crippen LogP contribution in [0.25, 0.3) is 0 Å². The first-order valence-corrected chi connectivity index (χ1v) is 7.31. The highest BCUT2D eigenvalue weighted by molar-refractivity contribution is 9.10. The van der Waals surface area contributed by atoms with E-state index in [-0.39, 0.29) is 0 Å². The van der Waals surface area contributed by atoms with Crippen molar-refractivity contribution in [2.24, 2.45) is 0 Å². The summed E-state index contributed by atoms with van der Waals surface area (Å²) in [4.78, 5) is 8.81. The molecule has 3 nitrogen and oxygen atoms in total. The van der Waals surface area contributed by atoms with Gasteiger partial charge < -0.3 is 5.73 Å². The molecule has 2 rings (SSSR count). The van der Waals surface area contributed by atoms with E-state index in [1.165, 1.54) is 0 Å². The molecular weight excluding hydrogens is 310 g/mol. The van der Waals surface area contributed by atoms with Crippen molar-refractivity contribution in [2.45, 2.75) is 24.8 Å². The second kappa shape index (κ2) is 5.71. The summed E-state index contributed by atoms with van der Waals surface area (Å²) < 4.78 is 0.999. The molecule has 0 saturated heterocycles. The summed E-state index contributed by atoms with van der Waals surface area (Å²) in [5.41, 5.74) is 9.73. The molecule has 0 aliphatic heterocycles. The highest BCUT2D eigenvalue weighted by Crippen LogP contribution is 2.24. The lowest BCUT2D eigenvalue weighted by molar-refractivity contribution is 0.902. The van der Waals surface area contributed by atoms with Gasteiger partial charge in [0.2, 0.25) is 0 Å². The number of aromatic nitrogens is 2. The summed E-state index contributed by atoms with van der Waals surface area (Å²) in [5.74, 6) is 0.812. The predicted molar refractivity (Wildman–Crippen MR) is 79.6 cm³/mol. The number of anilines is 1. The summed E-state index contributed by atoms with van der Waals surface area (Å²) in [6, 6.07) is 7.90. The van der Waals surface area contributed by atoms with Gasteiger partial charge in [-0.1, -0.05) is 27.7 Å². The second-order valence-corrected chi connectivity index (χ2v) is 5.97. The van der Waals surface area contributed by atoms with E-state index in [1.807, 2.05) is 32.0 Å². The SMILES string of the molecule is Cc1cc(C)nc(SCc2cc(N)cc(Br)c2)n1. The highest BCUT2D eigenvalue weighted by atomic mass is 79.9. The molecule has 18 heavy (non-hydrogen) atoms. The van der Waals surface area contributed by atoms with Gasteiger partial charge in [0, 0.05) is 27.3 Å². The minimum absolute atomic E-state index is 0.765. The first kappa shape index (κ1) is 13.4. The fraction of sp³-hybridized carbons (Fsp3) is 0.231. The van der Waals surface area contributed by atoms with Crippen molar-refractivity contribution in [1.29, 1.82) is 0 Å². The van der Waals surface area contributed by atoms with Crippen molar-refractivity contribution in [2.75, 3.05) is 5.73 Å². The third-order valence-corrected chi connectivity index (χ3v) is 3.69. The first-order chi connectivity index (χ1) is 8.52. The van der Waals surface area contributed by atoms with Gasteiger partial charge in [0.1, 0.15) is 0 Å². The van der Waals surface area contributed by atoms with Crippen LogP contribution in [0.2, 0.25) is 0 Å². The maximum Gasteiger partial charge on any atom is 0.188 e. The molecule has 94 valence electrons. The molecule has 0 aliphatic rings. The van der Waals surface area contributed by atoms with E-state index >= 15 is 0 Å². The fourth-order valence-electron chi connectivity index (χ4n) is 1.66. The van der Waals surface area contributed by atoms with E-state index < -0.39 is 0 Å². The zero-order chi connectivity index (χ0) is 13.1. The predicted octanol–water partition coefficient (Wildman–Crippen LogP) is 3.73. The molecule has 0 amide bonds. The highest BCUT2D eigenvalue weighted by Gasteiger charge is 2.03. The molecule has 0 spiro atoms. The molecule has 2 aromatic rings. The van der Waals surface area contributed by atoms with E-state index in [9.17, 15) is 0 Å². The van der Waals surface area contributed by atoms with Crippen LogP contribution < -0.4 is 5.73 Å². The zero-order valence-electron chi connectivity index (χ0n) is 10.3. The topological polar surface area (TPSA) is 51.8 Å². The number of halogens is 1. The molecule has 5 heteroatoms. The van der Waals surface area contributed by atoms with Crippen LogP contribution in [-0.4, -0.2) is 9.97 Å². The Bertz CT molecular complexity index is 480. The normalized spacial score (nSPS) is 10.6. The smallest absolute Gasteiger partial charge is 0.188 e.